The standard InChI is InChI=1S/C17H15NO3S/c19-16-15(11-14-8-10-21-12-14)22-17(20)18(16)9-4-7-13-5-2-1-3-6-13/h1-3,5-6,8,10-12H,4,7,9H2/b15-11+. The molecule has 1 fully saturated rings. The highest BCUT2D eigenvalue weighted by molar-refractivity contribution is 8.18. The first-order valence-electron chi connectivity index (χ1n) is 7.05. The maximum atomic E-state index is 12.3. The summed E-state index contributed by atoms with van der Waals surface area (Å²) in [6, 6.07) is 11.8. The molecule has 0 atom stereocenters. The fourth-order valence-corrected chi connectivity index (χ4v) is 3.15. The summed E-state index contributed by atoms with van der Waals surface area (Å²) >= 11 is 0.983. The van der Waals surface area contributed by atoms with Gasteiger partial charge in [0.05, 0.1) is 17.4 Å². The molecule has 0 unspecified atom stereocenters. The number of amides is 2. The van der Waals surface area contributed by atoms with Crippen molar-refractivity contribution in [3.8, 4) is 0 Å². The molecule has 112 valence electrons. The number of aryl methyl sites for hydroxylation is 1. The molecule has 1 aromatic heterocycles. The molecule has 0 spiro atoms. The van der Waals surface area contributed by atoms with Crippen LogP contribution < -0.4 is 0 Å². The minimum atomic E-state index is -0.218. The summed E-state index contributed by atoms with van der Waals surface area (Å²) in [7, 11) is 0. The monoisotopic (exact) mass is 313 g/mol. The van der Waals surface area contributed by atoms with E-state index in [0.717, 1.165) is 30.2 Å². The van der Waals surface area contributed by atoms with E-state index >= 15 is 0 Å². The molecule has 2 amide bonds. The van der Waals surface area contributed by atoms with Gasteiger partial charge in [0.15, 0.2) is 0 Å². The number of rotatable bonds is 5. The number of furan rings is 1. The van der Waals surface area contributed by atoms with E-state index in [9.17, 15) is 9.59 Å². The number of imide groups is 1. The first kappa shape index (κ1) is 14.7. The van der Waals surface area contributed by atoms with E-state index in [0.29, 0.717) is 11.4 Å². The number of thioether (sulfide) groups is 1. The summed E-state index contributed by atoms with van der Waals surface area (Å²) in [6.07, 6.45) is 6.38. The average molecular weight is 313 g/mol. The predicted molar refractivity (Wildman–Crippen MR) is 86.1 cm³/mol. The number of benzene rings is 1. The zero-order chi connectivity index (χ0) is 15.4. The molecule has 2 heterocycles. The summed E-state index contributed by atoms with van der Waals surface area (Å²) in [5, 5.41) is -0.201. The zero-order valence-electron chi connectivity index (χ0n) is 11.9. The largest absolute Gasteiger partial charge is 0.472 e. The fourth-order valence-electron chi connectivity index (χ4n) is 2.29. The normalized spacial score (nSPS) is 16.7. The van der Waals surface area contributed by atoms with Crippen molar-refractivity contribution in [3.05, 3.63) is 65.0 Å². The molecule has 1 saturated heterocycles. The summed E-state index contributed by atoms with van der Waals surface area (Å²) in [5.74, 6) is -0.218. The van der Waals surface area contributed by atoms with E-state index in [4.69, 9.17) is 4.42 Å². The van der Waals surface area contributed by atoms with Crippen molar-refractivity contribution in [2.45, 2.75) is 12.8 Å². The van der Waals surface area contributed by atoms with Crippen LogP contribution in [0.15, 0.2) is 58.2 Å². The van der Waals surface area contributed by atoms with Crippen molar-refractivity contribution in [2.24, 2.45) is 0 Å². The van der Waals surface area contributed by atoms with E-state index in [-0.39, 0.29) is 11.1 Å². The Morgan fingerprint density at radius 2 is 1.95 bits per heavy atom. The Hall–Kier alpha value is -2.27. The molecule has 1 aliphatic heterocycles. The first-order chi connectivity index (χ1) is 10.7. The van der Waals surface area contributed by atoms with Crippen molar-refractivity contribution >= 4 is 29.0 Å². The Bertz CT molecular complexity index is 692. The lowest BCUT2D eigenvalue weighted by molar-refractivity contribution is -0.122. The highest BCUT2D eigenvalue weighted by Crippen LogP contribution is 2.32. The number of carbonyl (C=O) groups is 2. The predicted octanol–water partition coefficient (Wildman–Crippen LogP) is 3.95. The summed E-state index contributed by atoms with van der Waals surface area (Å²) in [5.41, 5.74) is 2.00. The average Bonchev–Trinajstić information content (AvgIpc) is 3.12. The van der Waals surface area contributed by atoms with Gasteiger partial charge in [-0.3, -0.25) is 14.5 Å². The molecule has 2 aromatic rings. The molecule has 1 aromatic carbocycles. The molecule has 22 heavy (non-hydrogen) atoms. The maximum Gasteiger partial charge on any atom is 0.293 e. The molecule has 3 rings (SSSR count). The minimum Gasteiger partial charge on any atom is -0.472 e. The van der Waals surface area contributed by atoms with Crippen LogP contribution in [0, 0.1) is 0 Å². The molecular formula is C17H15NO3S. The first-order valence-corrected chi connectivity index (χ1v) is 7.87. The van der Waals surface area contributed by atoms with Gasteiger partial charge in [0, 0.05) is 12.1 Å². The minimum absolute atomic E-state index is 0.201. The van der Waals surface area contributed by atoms with Crippen molar-refractivity contribution in [1.82, 2.24) is 4.90 Å². The van der Waals surface area contributed by atoms with Crippen LogP contribution >= 0.6 is 11.8 Å². The summed E-state index contributed by atoms with van der Waals surface area (Å²) < 4.78 is 4.96. The molecule has 5 heteroatoms. The van der Waals surface area contributed by atoms with Crippen LogP contribution in [0.4, 0.5) is 4.79 Å². The SMILES string of the molecule is O=C1S/C(=C/c2ccoc2)C(=O)N1CCCc1ccccc1. The van der Waals surface area contributed by atoms with Crippen LogP contribution in [0.2, 0.25) is 0 Å². The summed E-state index contributed by atoms with van der Waals surface area (Å²) in [6.45, 7) is 0.447. The van der Waals surface area contributed by atoms with Crippen molar-refractivity contribution in [2.75, 3.05) is 6.54 Å². The topological polar surface area (TPSA) is 50.5 Å². The van der Waals surface area contributed by atoms with Crippen LogP contribution in [-0.4, -0.2) is 22.6 Å². The Morgan fingerprint density at radius 1 is 1.14 bits per heavy atom. The fraction of sp³-hybridized carbons (Fsp3) is 0.176. The van der Waals surface area contributed by atoms with Crippen LogP contribution in [0.1, 0.15) is 17.5 Å². The van der Waals surface area contributed by atoms with Gasteiger partial charge in [0.1, 0.15) is 0 Å². The third-order valence-electron chi connectivity index (χ3n) is 3.40. The Kier molecular flexibility index (Phi) is 4.44. The molecule has 4 nitrogen and oxygen atoms in total. The van der Waals surface area contributed by atoms with Gasteiger partial charge >= 0.3 is 0 Å². The van der Waals surface area contributed by atoms with Gasteiger partial charge in [-0.05, 0) is 42.3 Å². The summed E-state index contributed by atoms with van der Waals surface area (Å²) in [4.78, 5) is 26.0. The second-order valence-electron chi connectivity index (χ2n) is 4.98. The number of hydrogen-bond donors (Lipinski definition) is 0. The molecule has 0 saturated carbocycles. The molecule has 0 N–H and O–H groups in total. The van der Waals surface area contributed by atoms with Gasteiger partial charge in [-0.25, -0.2) is 0 Å². The van der Waals surface area contributed by atoms with Gasteiger partial charge < -0.3 is 4.42 Å². The molecule has 0 radical (unpaired) electrons. The van der Waals surface area contributed by atoms with Gasteiger partial charge in [0.25, 0.3) is 11.1 Å². The third-order valence-corrected chi connectivity index (χ3v) is 4.31. The van der Waals surface area contributed by atoms with Gasteiger partial charge in [-0.1, -0.05) is 30.3 Å². The van der Waals surface area contributed by atoms with E-state index in [1.807, 2.05) is 30.3 Å². The lowest BCUT2D eigenvalue weighted by Gasteiger charge is -2.11. The van der Waals surface area contributed by atoms with E-state index in [2.05, 4.69) is 0 Å². The van der Waals surface area contributed by atoms with Gasteiger partial charge in [-0.15, -0.1) is 0 Å². The Morgan fingerprint density at radius 3 is 2.68 bits per heavy atom. The highest BCUT2D eigenvalue weighted by Gasteiger charge is 2.34. The molecule has 1 aliphatic rings. The van der Waals surface area contributed by atoms with Crippen molar-refractivity contribution in [1.29, 1.82) is 0 Å². The quantitative estimate of drug-likeness (QED) is 0.784. The Labute approximate surface area is 132 Å². The second kappa shape index (κ2) is 6.66. The van der Waals surface area contributed by atoms with Crippen LogP contribution in [0.25, 0.3) is 6.08 Å². The smallest absolute Gasteiger partial charge is 0.293 e. The molecule has 0 aliphatic carbocycles. The van der Waals surface area contributed by atoms with Gasteiger partial charge in [-0.2, -0.15) is 0 Å². The molecule has 0 bridgehead atoms. The zero-order valence-corrected chi connectivity index (χ0v) is 12.7. The number of nitrogens with zero attached hydrogens (tertiary/aromatic N) is 1. The van der Waals surface area contributed by atoms with Crippen molar-refractivity contribution < 1.29 is 14.0 Å². The Balaban J connectivity index is 1.60. The third kappa shape index (κ3) is 3.31. The van der Waals surface area contributed by atoms with Crippen molar-refractivity contribution in [3.63, 3.8) is 0 Å². The van der Waals surface area contributed by atoms with Crippen LogP contribution in [-0.2, 0) is 11.2 Å². The van der Waals surface area contributed by atoms with Crippen LogP contribution in [0.5, 0.6) is 0 Å². The van der Waals surface area contributed by atoms with E-state index < -0.39 is 0 Å². The van der Waals surface area contributed by atoms with Crippen LogP contribution in [0.3, 0.4) is 0 Å². The van der Waals surface area contributed by atoms with E-state index in [1.54, 1.807) is 18.4 Å². The highest BCUT2D eigenvalue weighted by atomic mass is 32.2. The van der Waals surface area contributed by atoms with Gasteiger partial charge in [0.2, 0.25) is 0 Å². The maximum absolute atomic E-state index is 12.3. The second-order valence-corrected chi connectivity index (χ2v) is 5.97. The number of hydrogen-bond acceptors (Lipinski definition) is 4. The number of carbonyl (C=O) groups excluding carboxylic acids is 2. The van der Waals surface area contributed by atoms with E-state index in [1.165, 1.54) is 16.7 Å². The lowest BCUT2D eigenvalue weighted by Crippen LogP contribution is -2.29. The molecular weight excluding hydrogens is 298 g/mol. The lowest BCUT2D eigenvalue weighted by atomic mass is 10.1.